The van der Waals surface area contributed by atoms with Crippen LogP contribution in [0.3, 0.4) is 0 Å². The van der Waals surface area contributed by atoms with E-state index in [0.29, 0.717) is 0 Å². The van der Waals surface area contributed by atoms with Crippen LogP contribution in [0.1, 0.15) is 35.5 Å². The molecule has 0 amide bonds. The fourth-order valence-corrected chi connectivity index (χ4v) is 1.86. The summed E-state index contributed by atoms with van der Waals surface area (Å²) in [6, 6.07) is 8.14. The highest BCUT2D eigenvalue weighted by molar-refractivity contribution is 9.24. The lowest BCUT2D eigenvalue weighted by atomic mass is 10.2. The molecule has 0 aromatic heterocycles. The van der Waals surface area contributed by atoms with E-state index in [9.17, 15) is 0 Å². The van der Waals surface area contributed by atoms with Crippen LogP contribution < -0.4 is 4.74 Å². The van der Waals surface area contributed by atoms with Gasteiger partial charge in [-0.3, -0.25) is 0 Å². The molecule has 3 heteroatoms. The summed E-state index contributed by atoms with van der Waals surface area (Å²) in [4.78, 5) is 0. The van der Waals surface area contributed by atoms with Crippen LogP contribution in [0.25, 0.3) is 0 Å². The van der Waals surface area contributed by atoms with Crippen molar-refractivity contribution in [1.82, 2.24) is 0 Å². The van der Waals surface area contributed by atoms with E-state index in [-0.39, 0.29) is 3.74 Å². The van der Waals surface area contributed by atoms with Crippen molar-refractivity contribution in [2.45, 2.75) is 29.9 Å². The van der Waals surface area contributed by atoms with Crippen molar-refractivity contribution in [3.05, 3.63) is 29.8 Å². The van der Waals surface area contributed by atoms with Crippen LogP contribution in [0.15, 0.2) is 24.3 Å². The Morgan fingerprint density at radius 2 is 1.80 bits per heavy atom. The van der Waals surface area contributed by atoms with Gasteiger partial charge in [-0.15, -0.1) is 0 Å². The monoisotopic (exact) mass is 334 g/mol. The quantitative estimate of drug-likeness (QED) is 0.522. The Morgan fingerprint density at radius 1 is 1.13 bits per heavy atom. The van der Waals surface area contributed by atoms with Crippen molar-refractivity contribution in [3.8, 4) is 5.75 Å². The highest BCUT2D eigenvalue weighted by atomic mass is 79.9. The number of benzene rings is 1. The van der Waals surface area contributed by atoms with Gasteiger partial charge in [-0.05, 0) is 24.1 Å². The fraction of sp³-hybridized carbons (Fsp3) is 0.500. The summed E-state index contributed by atoms with van der Waals surface area (Å²) >= 11 is 6.91. The number of rotatable bonds is 6. The molecule has 1 rings (SSSR count). The zero-order chi connectivity index (χ0) is 11.1. The SMILES string of the molecule is CCCCCOc1ccc(C(Br)Br)cc1. The Bertz CT molecular complexity index is 269. The van der Waals surface area contributed by atoms with Gasteiger partial charge in [-0.1, -0.05) is 63.8 Å². The predicted molar refractivity (Wildman–Crippen MR) is 72.1 cm³/mol. The molecule has 84 valence electrons. The first-order valence-electron chi connectivity index (χ1n) is 5.25. The molecular formula is C12H16Br2O. The Hall–Kier alpha value is -0.0200. The van der Waals surface area contributed by atoms with Gasteiger partial charge in [0, 0.05) is 0 Å². The second-order valence-corrected chi connectivity index (χ2v) is 6.49. The zero-order valence-corrected chi connectivity index (χ0v) is 12.1. The lowest BCUT2D eigenvalue weighted by Crippen LogP contribution is -1.96. The maximum atomic E-state index is 5.61. The average molecular weight is 336 g/mol. The minimum absolute atomic E-state index is 0.221. The second kappa shape index (κ2) is 7.29. The first-order valence-corrected chi connectivity index (χ1v) is 7.08. The number of halogens is 2. The van der Waals surface area contributed by atoms with Gasteiger partial charge in [-0.25, -0.2) is 0 Å². The lowest BCUT2D eigenvalue weighted by Gasteiger charge is -2.07. The largest absolute Gasteiger partial charge is 0.494 e. The number of ether oxygens (including phenoxy) is 1. The van der Waals surface area contributed by atoms with Gasteiger partial charge < -0.3 is 4.74 Å². The summed E-state index contributed by atoms with van der Waals surface area (Å²) < 4.78 is 5.83. The smallest absolute Gasteiger partial charge is 0.119 e. The van der Waals surface area contributed by atoms with Crippen molar-refractivity contribution in [2.24, 2.45) is 0 Å². The number of hydrogen-bond donors (Lipinski definition) is 0. The molecule has 0 aliphatic carbocycles. The van der Waals surface area contributed by atoms with Gasteiger partial charge in [0.2, 0.25) is 0 Å². The van der Waals surface area contributed by atoms with Crippen LogP contribution in [-0.4, -0.2) is 6.61 Å². The standard InChI is InChI=1S/C12H16Br2O/c1-2-3-4-9-15-11-7-5-10(6-8-11)12(13)14/h5-8,12H,2-4,9H2,1H3. The van der Waals surface area contributed by atoms with E-state index in [4.69, 9.17) is 4.74 Å². The van der Waals surface area contributed by atoms with Crippen LogP contribution in [0.4, 0.5) is 0 Å². The molecule has 0 radical (unpaired) electrons. The normalized spacial score (nSPS) is 10.7. The van der Waals surface area contributed by atoms with Crippen LogP contribution in [0, 0.1) is 0 Å². The molecule has 0 heterocycles. The molecule has 0 bridgehead atoms. The van der Waals surface area contributed by atoms with E-state index >= 15 is 0 Å². The first-order chi connectivity index (χ1) is 7.24. The third-order valence-electron chi connectivity index (χ3n) is 2.15. The highest BCUT2D eigenvalue weighted by Crippen LogP contribution is 2.29. The third-order valence-corrected chi connectivity index (χ3v) is 3.21. The Balaban J connectivity index is 2.36. The van der Waals surface area contributed by atoms with Gasteiger partial charge in [0.1, 0.15) is 5.75 Å². The number of hydrogen-bond acceptors (Lipinski definition) is 1. The average Bonchev–Trinajstić information content (AvgIpc) is 2.25. The fourth-order valence-electron chi connectivity index (χ4n) is 1.25. The summed E-state index contributed by atoms with van der Waals surface area (Å²) in [6.07, 6.45) is 3.61. The van der Waals surface area contributed by atoms with Crippen molar-refractivity contribution in [3.63, 3.8) is 0 Å². The molecule has 1 aromatic rings. The summed E-state index contributed by atoms with van der Waals surface area (Å²) in [5.41, 5.74) is 1.20. The van der Waals surface area contributed by atoms with Gasteiger partial charge >= 0.3 is 0 Å². The van der Waals surface area contributed by atoms with Crippen molar-refractivity contribution >= 4 is 31.9 Å². The van der Waals surface area contributed by atoms with Crippen molar-refractivity contribution in [2.75, 3.05) is 6.61 Å². The minimum atomic E-state index is 0.221. The van der Waals surface area contributed by atoms with E-state index in [2.05, 4.69) is 50.9 Å². The first kappa shape index (κ1) is 13.0. The molecule has 0 aliphatic rings. The van der Waals surface area contributed by atoms with Crippen LogP contribution in [0.2, 0.25) is 0 Å². The molecule has 0 N–H and O–H groups in total. The van der Waals surface area contributed by atoms with Crippen LogP contribution in [-0.2, 0) is 0 Å². The molecule has 15 heavy (non-hydrogen) atoms. The maximum Gasteiger partial charge on any atom is 0.119 e. The molecule has 0 fully saturated rings. The summed E-state index contributed by atoms with van der Waals surface area (Å²) in [7, 11) is 0. The van der Waals surface area contributed by atoms with Crippen molar-refractivity contribution in [1.29, 1.82) is 0 Å². The minimum Gasteiger partial charge on any atom is -0.494 e. The second-order valence-electron chi connectivity index (χ2n) is 3.43. The predicted octanol–water partition coefficient (Wildman–Crippen LogP) is 5.04. The molecular weight excluding hydrogens is 320 g/mol. The van der Waals surface area contributed by atoms with E-state index in [0.717, 1.165) is 18.8 Å². The molecule has 0 spiro atoms. The Labute approximate surface area is 108 Å². The molecule has 1 aromatic carbocycles. The highest BCUT2D eigenvalue weighted by Gasteiger charge is 2.01. The van der Waals surface area contributed by atoms with Crippen LogP contribution in [0.5, 0.6) is 5.75 Å². The number of unbranched alkanes of at least 4 members (excludes halogenated alkanes) is 2. The van der Waals surface area contributed by atoms with Crippen LogP contribution >= 0.6 is 31.9 Å². The topological polar surface area (TPSA) is 9.23 Å². The summed E-state index contributed by atoms with van der Waals surface area (Å²) in [5.74, 6) is 0.954. The van der Waals surface area contributed by atoms with Gasteiger partial charge in [0.25, 0.3) is 0 Å². The lowest BCUT2D eigenvalue weighted by molar-refractivity contribution is 0.306. The van der Waals surface area contributed by atoms with E-state index < -0.39 is 0 Å². The Morgan fingerprint density at radius 3 is 2.33 bits per heavy atom. The van der Waals surface area contributed by atoms with E-state index in [1.54, 1.807) is 0 Å². The zero-order valence-electron chi connectivity index (χ0n) is 8.88. The summed E-state index contributed by atoms with van der Waals surface area (Å²) in [6.45, 7) is 3.01. The van der Waals surface area contributed by atoms with E-state index in [1.165, 1.54) is 18.4 Å². The van der Waals surface area contributed by atoms with Crippen molar-refractivity contribution < 1.29 is 4.74 Å². The molecule has 0 atom stereocenters. The molecule has 0 unspecified atom stereocenters. The molecule has 1 nitrogen and oxygen atoms in total. The van der Waals surface area contributed by atoms with Gasteiger partial charge in [0.05, 0.1) is 10.3 Å². The van der Waals surface area contributed by atoms with Gasteiger partial charge in [0.15, 0.2) is 0 Å². The molecule has 0 saturated carbocycles. The molecule has 0 saturated heterocycles. The Kier molecular flexibility index (Phi) is 6.34. The summed E-state index contributed by atoms with van der Waals surface area (Å²) in [5, 5.41) is 0. The maximum absolute atomic E-state index is 5.61. The van der Waals surface area contributed by atoms with Gasteiger partial charge in [-0.2, -0.15) is 0 Å². The van der Waals surface area contributed by atoms with E-state index in [1.807, 2.05) is 12.1 Å². The number of alkyl halides is 2. The third kappa shape index (κ3) is 5.03. The molecule has 0 aliphatic heterocycles.